The first-order valence-corrected chi connectivity index (χ1v) is 11.4. The zero-order valence-electron chi connectivity index (χ0n) is 19.2. The molecule has 2 amide bonds. The molecule has 7 heteroatoms. The molecule has 3 aromatic rings. The van der Waals surface area contributed by atoms with Gasteiger partial charge in [-0.3, -0.25) is 9.59 Å². The van der Waals surface area contributed by atoms with Gasteiger partial charge in [-0.05, 0) is 75.0 Å². The van der Waals surface area contributed by atoms with Crippen LogP contribution in [0.4, 0.5) is 10.1 Å². The Kier molecular flexibility index (Phi) is 5.79. The fourth-order valence-electron chi connectivity index (χ4n) is 4.63. The second kappa shape index (κ2) is 8.91. The number of anilines is 1. The fourth-order valence-corrected chi connectivity index (χ4v) is 4.63. The lowest BCUT2D eigenvalue weighted by atomic mass is 10.0. The van der Waals surface area contributed by atoms with E-state index in [0.29, 0.717) is 34.2 Å². The van der Waals surface area contributed by atoms with Crippen LogP contribution in [0.15, 0.2) is 59.2 Å². The highest BCUT2D eigenvalue weighted by molar-refractivity contribution is 6.34. The number of amides is 2. The van der Waals surface area contributed by atoms with E-state index in [0.717, 1.165) is 37.1 Å². The highest BCUT2D eigenvalue weighted by atomic mass is 19.1. The van der Waals surface area contributed by atoms with E-state index in [1.54, 1.807) is 18.4 Å². The summed E-state index contributed by atoms with van der Waals surface area (Å²) in [5, 5.41) is 2.73. The number of fused-ring (bicyclic) bond motifs is 1. The van der Waals surface area contributed by atoms with Crippen LogP contribution < -0.4 is 5.32 Å². The van der Waals surface area contributed by atoms with Crippen LogP contribution in [-0.2, 0) is 4.79 Å². The predicted octanol–water partition coefficient (Wildman–Crippen LogP) is 4.74. The zero-order chi connectivity index (χ0) is 23.8. The molecule has 0 atom stereocenters. The summed E-state index contributed by atoms with van der Waals surface area (Å²) in [5.74, 6) is -0.205. The van der Waals surface area contributed by atoms with Gasteiger partial charge in [0.25, 0.3) is 11.8 Å². The van der Waals surface area contributed by atoms with Crippen LogP contribution >= 0.6 is 0 Å². The van der Waals surface area contributed by atoms with Crippen molar-refractivity contribution in [1.29, 1.82) is 0 Å². The molecule has 0 aliphatic carbocycles. The van der Waals surface area contributed by atoms with Crippen molar-refractivity contribution >= 4 is 29.2 Å². The highest BCUT2D eigenvalue weighted by Crippen LogP contribution is 2.34. The van der Waals surface area contributed by atoms with Gasteiger partial charge in [0.2, 0.25) is 0 Å². The molecule has 1 saturated heterocycles. The first kappa shape index (κ1) is 22.1. The number of nitrogens with one attached hydrogen (secondary N) is 1. The average Bonchev–Trinajstić information content (AvgIpc) is 3.43. The van der Waals surface area contributed by atoms with Crippen molar-refractivity contribution in [3.8, 4) is 11.1 Å². The zero-order valence-corrected chi connectivity index (χ0v) is 19.2. The van der Waals surface area contributed by atoms with Gasteiger partial charge in [0.05, 0.1) is 11.8 Å². The summed E-state index contributed by atoms with van der Waals surface area (Å²) < 4.78 is 19.4. The van der Waals surface area contributed by atoms with Crippen molar-refractivity contribution in [2.24, 2.45) is 0 Å². The average molecular weight is 460 g/mol. The smallest absolute Gasteiger partial charge is 0.256 e. The SMILES string of the molecule is CN(C)C1CCN(C(=O)c2cccc(-c3coc(/C=C4/C(=O)Nc5ccc(F)cc54)c3)c2)CC1. The molecule has 0 radical (unpaired) electrons. The number of hydrogen-bond acceptors (Lipinski definition) is 4. The summed E-state index contributed by atoms with van der Waals surface area (Å²) in [7, 11) is 4.16. The molecule has 2 aromatic carbocycles. The Hall–Kier alpha value is -3.71. The molecule has 0 spiro atoms. The van der Waals surface area contributed by atoms with Crippen LogP contribution in [0.3, 0.4) is 0 Å². The number of carbonyl (C=O) groups is 2. The van der Waals surface area contributed by atoms with E-state index in [1.807, 2.05) is 35.2 Å². The molecular weight excluding hydrogens is 433 g/mol. The van der Waals surface area contributed by atoms with E-state index in [-0.39, 0.29) is 11.8 Å². The molecule has 6 nitrogen and oxygen atoms in total. The van der Waals surface area contributed by atoms with E-state index in [9.17, 15) is 14.0 Å². The van der Waals surface area contributed by atoms with Crippen molar-refractivity contribution in [3.63, 3.8) is 0 Å². The summed E-state index contributed by atoms with van der Waals surface area (Å²) in [5.41, 5.74) is 3.72. The predicted molar refractivity (Wildman–Crippen MR) is 130 cm³/mol. The number of rotatable bonds is 4. The molecule has 34 heavy (non-hydrogen) atoms. The van der Waals surface area contributed by atoms with Gasteiger partial charge in [-0.2, -0.15) is 0 Å². The van der Waals surface area contributed by atoms with Crippen molar-refractivity contribution in [2.45, 2.75) is 18.9 Å². The van der Waals surface area contributed by atoms with Crippen LogP contribution in [-0.4, -0.2) is 54.8 Å². The third-order valence-electron chi connectivity index (χ3n) is 6.60. The van der Waals surface area contributed by atoms with Gasteiger partial charge in [0, 0.05) is 41.5 Å². The lowest BCUT2D eigenvalue weighted by Gasteiger charge is -2.35. The molecule has 1 N–H and O–H groups in total. The van der Waals surface area contributed by atoms with Gasteiger partial charge in [0.1, 0.15) is 11.6 Å². The van der Waals surface area contributed by atoms with Gasteiger partial charge in [-0.25, -0.2) is 4.39 Å². The van der Waals surface area contributed by atoms with Crippen molar-refractivity contribution in [2.75, 3.05) is 32.5 Å². The molecule has 3 heterocycles. The summed E-state index contributed by atoms with van der Waals surface area (Å²) in [6.07, 6.45) is 5.14. The Morgan fingerprint density at radius 2 is 1.91 bits per heavy atom. The molecule has 0 saturated carbocycles. The van der Waals surface area contributed by atoms with Gasteiger partial charge in [0.15, 0.2) is 0 Å². The normalized spacial score (nSPS) is 17.4. The molecule has 0 unspecified atom stereocenters. The number of carbonyl (C=O) groups excluding carboxylic acids is 2. The minimum atomic E-state index is -0.409. The standard InChI is InChI=1S/C27H26FN3O3/c1-30(2)21-8-10-31(11-9-21)27(33)18-5-3-4-17(12-18)19-13-22(34-16-19)15-24-23-14-20(28)6-7-25(23)29-26(24)32/h3-7,12-16,21H,8-11H2,1-2H3,(H,29,32)/b24-15+. The monoisotopic (exact) mass is 459 g/mol. The van der Waals surface area contributed by atoms with Crippen LogP contribution in [0.5, 0.6) is 0 Å². The molecule has 2 aliphatic heterocycles. The number of furan rings is 1. The Labute approximate surface area is 197 Å². The van der Waals surface area contributed by atoms with E-state index in [4.69, 9.17) is 4.42 Å². The maximum atomic E-state index is 13.7. The van der Waals surface area contributed by atoms with E-state index in [1.165, 1.54) is 12.1 Å². The Bertz CT molecular complexity index is 1290. The van der Waals surface area contributed by atoms with Crippen molar-refractivity contribution in [3.05, 3.63) is 77.5 Å². The Morgan fingerprint density at radius 1 is 1.12 bits per heavy atom. The fraction of sp³-hybridized carbons (Fsp3) is 0.259. The summed E-state index contributed by atoms with van der Waals surface area (Å²) in [6.45, 7) is 1.50. The van der Waals surface area contributed by atoms with Crippen molar-refractivity contribution < 1.29 is 18.4 Å². The number of likely N-dealkylation sites (tertiary alicyclic amines) is 1. The van der Waals surface area contributed by atoms with Crippen LogP contribution in [0.25, 0.3) is 22.8 Å². The highest BCUT2D eigenvalue weighted by Gasteiger charge is 2.26. The van der Waals surface area contributed by atoms with Crippen molar-refractivity contribution in [1.82, 2.24) is 9.80 Å². The molecular formula is C27H26FN3O3. The van der Waals surface area contributed by atoms with Crippen LogP contribution in [0.2, 0.25) is 0 Å². The number of piperidine rings is 1. The quantitative estimate of drug-likeness (QED) is 0.572. The number of halogens is 1. The molecule has 0 bridgehead atoms. The molecule has 1 aromatic heterocycles. The summed E-state index contributed by atoms with van der Waals surface area (Å²) in [4.78, 5) is 29.6. The minimum Gasteiger partial charge on any atom is -0.464 e. The Balaban J connectivity index is 1.35. The third kappa shape index (κ3) is 4.26. The second-order valence-corrected chi connectivity index (χ2v) is 9.01. The van der Waals surface area contributed by atoms with Gasteiger partial charge >= 0.3 is 0 Å². The molecule has 2 aliphatic rings. The van der Waals surface area contributed by atoms with E-state index in [2.05, 4.69) is 24.3 Å². The van der Waals surface area contributed by atoms with Gasteiger partial charge in [-0.15, -0.1) is 0 Å². The second-order valence-electron chi connectivity index (χ2n) is 9.01. The molecule has 174 valence electrons. The lowest BCUT2D eigenvalue weighted by molar-refractivity contribution is -0.110. The first-order chi connectivity index (χ1) is 16.4. The lowest BCUT2D eigenvalue weighted by Crippen LogP contribution is -2.44. The minimum absolute atomic E-state index is 0.0335. The van der Waals surface area contributed by atoms with E-state index >= 15 is 0 Å². The Morgan fingerprint density at radius 3 is 2.68 bits per heavy atom. The summed E-state index contributed by atoms with van der Waals surface area (Å²) in [6, 6.07) is 14.0. The topological polar surface area (TPSA) is 65.8 Å². The summed E-state index contributed by atoms with van der Waals surface area (Å²) >= 11 is 0. The third-order valence-corrected chi connectivity index (χ3v) is 6.60. The first-order valence-electron chi connectivity index (χ1n) is 11.4. The number of nitrogens with zero attached hydrogens (tertiary/aromatic N) is 2. The maximum Gasteiger partial charge on any atom is 0.256 e. The molecule has 5 rings (SSSR count). The van der Waals surface area contributed by atoms with Crippen LogP contribution in [0, 0.1) is 5.82 Å². The van der Waals surface area contributed by atoms with Gasteiger partial charge < -0.3 is 19.5 Å². The molecule has 1 fully saturated rings. The van der Waals surface area contributed by atoms with Gasteiger partial charge in [-0.1, -0.05) is 12.1 Å². The van der Waals surface area contributed by atoms with E-state index < -0.39 is 5.82 Å². The largest absolute Gasteiger partial charge is 0.464 e. The number of benzene rings is 2. The number of hydrogen-bond donors (Lipinski definition) is 1. The maximum absolute atomic E-state index is 13.7. The van der Waals surface area contributed by atoms with Crippen LogP contribution in [0.1, 0.15) is 34.5 Å².